The minimum Gasteiger partial charge on any atom is -0.326 e. The van der Waals surface area contributed by atoms with Gasteiger partial charge >= 0.3 is 0 Å². The Morgan fingerprint density at radius 2 is 2.14 bits per heavy atom. The first-order chi connectivity index (χ1) is 10.2. The second kappa shape index (κ2) is 5.82. The zero-order valence-electron chi connectivity index (χ0n) is 12.3. The molecule has 0 radical (unpaired) electrons. The fourth-order valence-electron chi connectivity index (χ4n) is 2.99. The predicted molar refractivity (Wildman–Crippen MR) is 83.2 cm³/mol. The third kappa shape index (κ3) is 2.63. The monoisotopic (exact) mass is 285 g/mol. The van der Waals surface area contributed by atoms with Gasteiger partial charge in [0.1, 0.15) is 11.6 Å². The van der Waals surface area contributed by atoms with Crippen LogP contribution in [-0.4, -0.2) is 11.5 Å². The minimum atomic E-state index is -0.235. The van der Waals surface area contributed by atoms with E-state index < -0.39 is 0 Å². The molecule has 0 fully saturated rings. The smallest absolute Gasteiger partial charge is 0.137 e. The summed E-state index contributed by atoms with van der Waals surface area (Å²) in [5.41, 5.74) is 10.2. The second-order valence-corrected chi connectivity index (χ2v) is 5.36. The summed E-state index contributed by atoms with van der Waals surface area (Å²) in [7, 11) is 0. The largest absolute Gasteiger partial charge is 0.326 e. The van der Waals surface area contributed by atoms with Gasteiger partial charge in [-0.1, -0.05) is 6.07 Å². The molecule has 110 valence electrons. The number of benzene rings is 1. The first-order valence-corrected chi connectivity index (χ1v) is 7.47. The standard InChI is InChI=1S/C17H20FN3/c1-2-21(15-7-4-6-14(18)10-15)17-13(11-19)9-12-5-3-8-16(12)20-17/h4,6-7,9-10H,2-3,5,8,11,19H2,1H3. The molecule has 0 unspecified atom stereocenters. The lowest BCUT2D eigenvalue weighted by Crippen LogP contribution is -2.21. The van der Waals surface area contributed by atoms with Crippen LogP contribution in [0.4, 0.5) is 15.9 Å². The Hall–Kier alpha value is -1.94. The maximum absolute atomic E-state index is 13.5. The van der Waals surface area contributed by atoms with Crippen LogP contribution >= 0.6 is 0 Å². The molecular weight excluding hydrogens is 265 g/mol. The van der Waals surface area contributed by atoms with Gasteiger partial charge in [0.15, 0.2) is 0 Å². The number of fused-ring (bicyclic) bond motifs is 1. The molecule has 1 heterocycles. The van der Waals surface area contributed by atoms with E-state index in [-0.39, 0.29) is 5.82 Å². The average molecular weight is 285 g/mol. The molecule has 1 aromatic carbocycles. The molecule has 3 rings (SSSR count). The third-order valence-corrected chi connectivity index (χ3v) is 4.02. The van der Waals surface area contributed by atoms with Crippen LogP contribution in [0.5, 0.6) is 0 Å². The van der Waals surface area contributed by atoms with E-state index in [9.17, 15) is 4.39 Å². The maximum Gasteiger partial charge on any atom is 0.137 e. The number of halogens is 1. The van der Waals surface area contributed by atoms with Crippen LogP contribution in [0.3, 0.4) is 0 Å². The number of hydrogen-bond donors (Lipinski definition) is 1. The Morgan fingerprint density at radius 3 is 2.86 bits per heavy atom. The van der Waals surface area contributed by atoms with Crippen molar-refractivity contribution in [1.29, 1.82) is 0 Å². The summed E-state index contributed by atoms with van der Waals surface area (Å²) in [6.45, 7) is 3.21. The summed E-state index contributed by atoms with van der Waals surface area (Å²) in [4.78, 5) is 6.86. The highest BCUT2D eigenvalue weighted by Gasteiger charge is 2.19. The lowest BCUT2D eigenvalue weighted by molar-refractivity contribution is 0.627. The summed E-state index contributed by atoms with van der Waals surface area (Å²) in [5.74, 6) is 0.632. The predicted octanol–water partition coefficient (Wildman–Crippen LogP) is 3.33. The Labute approximate surface area is 124 Å². The maximum atomic E-state index is 13.5. The van der Waals surface area contributed by atoms with Gasteiger partial charge in [-0.05, 0) is 56.0 Å². The van der Waals surface area contributed by atoms with Crippen molar-refractivity contribution < 1.29 is 4.39 Å². The Kier molecular flexibility index (Phi) is 3.88. The highest BCUT2D eigenvalue weighted by Crippen LogP contribution is 2.31. The van der Waals surface area contributed by atoms with Crippen molar-refractivity contribution in [1.82, 2.24) is 4.98 Å². The number of nitrogens with zero attached hydrogens (tertiary/aromatic N) is 2. The second-order valence-electron chi connectivity index (χ2n) is 5.36. The molecule has 0 bridgehead atoms. The summed E-state index contributed by atoms with van der Waals surface area (Å²) in [5, 5.41) is 0. The molecule has 2 N–H and O–H groups in total. The van der Waals surface area contributed by atoms with E-state index in [2.05, 4.69) is 6.07 Å². The van der Waals surface area contributed by atoms with Gasteiger partial charge < -0.3 is 10.6 Å². The molecule has 0 amide bonds. The number of hydrogen-bond acceptors (Lipinski definition) is 3. The topological polar surface area (TPSA) is 42.2 Å². The van der Waals surface area contributed by atoms with E-state index in [1.54, 1.807) is 12.1 Å². The third-order valence-electron chi connectivity index (χ3n) is 4.02. The van der Waals surface area contributed by atoms with Gasteiger partial charge in [-0.3, -0.25) is 0 Å². The lowest BCUT2D eigenvalue weighted by Gasteiger charge is -2.25. The highest BCUT2D eigenvalue weighted by molar-refractivity contribution is 5.64. The van der Waals surface area contributed by atoms with Crippen LogP contribution in [0.2, 0.25) is 0 Å². The molecule has 0 aliphatic heterocycles. The number of anilines is 2. The number of pyridine rings is 1. The van der Waals surface area contributed by atoms with Gasteiger partial charge in [-0.15, -0.1) is 0 Å². The van der Waals surface area contributed by atoms with Crippen molar-refractivity contribution in [2.24, 2.45) is 5.73 Å². The molecule has 3 nitrogen and oxygen atoms in total. The van der Waals surface area contributed by atoms with Crippen molar-refractivity contribution in [2.75, 3.05) is 11.4 Å². The quantitative estimate of drug-likeness (QED) is 0.937. The van der Waals surface area contributed by atoms with E-state index in [0.717, 1.165) is 48.6 Å². The first-order valence-electron chi connectivity index (χ1n) is 7.47. The average Bonchev–Trinajstić information content (AvgIpc) is 2.94. The SMILES string of the molecule is CCN(c1cccc(F)c1)c1nc2c(cc1CN)CCC2. The van der Waals surface area contributed by atoms with Crippen molar-refractivity contribution in [3.63, 3.8) is 0 Å². The van der Waals surface area contributed by atoms with E-state index >= 15 is 0 Å². The molecule has 0 atom stereocenters. The Balaban J connectivity index is 2.08. The molecule has 0 saturated carbocycles. The molecule has 2 aromatic rings. The summed E-state index contributed by atoms with van der Waals surface area (Å²) < 4.78 is 13.5. The first kappa shape index (κ1) is 14.0. The van der Waals surface area contributed by atoms with Crippen molar-refractivity contribution in [3.05, 3.63) is 53.0 Å². The Morgan fingerprint density at radius 1 is 1.29 bits per heavy atom. The number of aryl methyl sites for hydroxylation is 2. The molecular formula is C17H20FN3. The zero-order valence-corrected chi connectivity index (χ0v) is 12.3. The van der Waals surface area contributed by atoms with E-state index in [0.29, 0.717) is 6.54 Å². The zero-order chi connectivity index (χ0) is 14.8. The minimum absolute atomic E-state index is 0.235. The molecule has 21 heavy (non-hydrogen) atoms. The van der Waals surface area contributed by atoms with Crippen LogP contribution in [0.1, 0.15) is 30.2 Å². The number of rotatable bonds is 4. The van der Waals surface area contributed by atoms with Gasteiger partial charge in [0.05, 0.1) is 0 Å². The fraction of sp³-hybridized carbons (Fsp3) is 0.353. The van der Waals surface area contributed by atoms with Crippen LogP contribution in [-0.2, 0) is 19.4 Å². The molecule has 0 spiro atoms. The summed E-state index contributed by atoms with van der Waals surface area (Å²) in [6, 6.07) is 8.80. The van der Waals surface area contributed by atoms with Gasteiger partial charge in [0.25, 0.3) is 0 Å². The van der Waals surface area contributed by atoms with Gasteiger partial charge in [-0.2, -0.15) is 0 Å². The van der Waals surface area contributed by atoms with Crippen LogP contribution in [0, 0.1) is 5.82 Å². The molecule has 1 aromatic heterocycles. The van der Waals surface area contributed by atoms with Crippen LogP contribution in [0.15, 0.2) is 30.3 Å². The van der Waals surface area contributed by atoms with E-state index in [1.165, 1.54) is 11.6 Å². The van der Waals surface area contributed by atoms with Crippen LogP contribution in [0.25, 0.3) is 0 Å². The lowest BCUT2D eigenvalue weighted by atomic mass is 10.1. The molecule has 0 saturated heterocycles. The molecule has 1 aliphatic carbocycles. The summed E-state index contributed by atoms with van der Waals surface area (Å²) >= 11 is 0. The van der Waals surface area contributed by atoms with E-state index in [4.69, 9.17) is 10.7 Å². The van der Waals surface area contributed by atoms with Crippen LogP contribution < -0.4 is 10.6 Å². The number of aromatic nitrogens is 1. The normalized spacial score (nSPS) is 13.3. The van der Waals surface area contributed by atoms with E-state index in [1.807, 2.05) is 17.9 Å². The molecule has 1 aliphatic rings. The van der Waals surface area contributed by atoms with Gasteiger partial charge in [0.2, 0.25) is 0 Å². The highest BCUT2D eigenvalue weighted by atomic mass is 19.1. The van der Waals surface area contributed by atoms with Crippen molar-refractivity contribution in [3.8, 4) is 0 Å². The summed E-state index contributed by atoms with van der Waals surface area (Å²) in [6.07, 6.45) is 3.26. The Bertz CT molecular complexity index is 654. The van der Waals surface area contributed by atoms with Gasteiger partial charge in [-0.25, -0.2) is 9.37 Å². The molecule has 4 heteroatoms. The van der Waals surface area contributed by atoms with Gasteiger partial charge in [0, 0.05) is 30.0 Å². The van der Waals surface area contributed by atoms with Crippen molar-refractivity contribution in [2.45, 2.75) is 32.7 Å². The fourth-order valence-corrected chi connectivity index (χ4v) is 2.99. The van der Waals surface area contributed by atoms with Crippen molar-refractivity contribution >= 4 is 11.5 Å². The number of nitrogens with two attached hydrogens (primary N) is 1.